The molecular formula is C9H18N2O. The van der Waals surface area contributed by atoms with E-state index in [-0.39, 0.29) is 5.90 Å². The molecule has 0 rings (SSSR count). The Morgan fingerprint density at radius 2 is 2.25 bits per heavy atom. The first-order valence-electron chi connectivity index (χ1n) is 4.28. The van der Waals surface area contributed by atoms with Gasteiger partial charge < -0.3 is 10.1 Å². The molecule has 0 aromatic carbocycles. The van der Waals surface area contributed by atoms with E-state index in [2.05, 4.69) is 19.2 Å². The molecule has 70 valence electrons. The highest BCUT2D eigenvalue weighted by Crippen LogP contribution is 1.93. The first kappa shape index (κ1) is 11.0. The van der Waals surface area contributed by atoms with Crippen molar-refractivity contribution in [3.8, 4) is 0 Å². The van der Waals surface area contributed by atoms with Gasteiger partial charge in [0.25, 0.3) is 0 Å². The highest BCUT2D eigenvalue weighted by molar-refractivity contribution is 5.84. The quantitative estimate of drug-likeness (QED) is 0.488. The Hall–Kier alpha value is -0.990. The molecule has 0 aromatic rings. The molecule has 0 saturated carbocycles. The van der Waals surface area contributed by atoms with Gasteiger partial charge in [0.05, 0.1) is 6.61 Å². The van der Waals surface area contributed by atoms with Crippen molar-refractivity contribution in [2.45, 2.75) is 20.8 Å². The van der Waals surface area contributed by atoms with Crippen molar-refractivity contribution < 1.29 is 4.74 Å². The van der Waals surface area contributed by atoms with Crippen LogP contribution in [0.3, 0.4) is 0 Å². The average Bonchev–Trinajstić information content (AvgIpc) is 2.01. The van der Waals surface area contributed by atoms with Crippen LogP contribution >= 0.6 is 0 Å². The van der Waals surface area contributed by atoms with Gasteiger partial charge in [-0.2, -0.15) is 0 Å². The second-order valence-corrected chi connectivity index (χ2v) is 2.96. The predicted octanol–water partition coefficient (Wildman–Crippen LogP) is 1.76. The molecule has 3 heteroatoms. The third kappa shape index (κ3) is 7.12. The number of hydrogen-bond donors (Lipinski definition) is 2. The Kier molecular flexibility index (Phi) is 6.15. The lowest BCUT2D eigenvalue weighted by molar-refractivity contribution is 0.259. The van der Waals surface area contributed by atoms with Crippen molar-refractivity contribution in [1.82, 2.24) is 5.32 Å². The molecule has 2 N–H and O–H groups in total. The SMILES string of the molecule is CCN/C=C\C(=N)OCC(C)C. The van der Waals surface area contributed by atoms with E-state index in [0.717, 1.165) is 6.54 Å². The Morgan fingerprint density at radius 1 is 1.58 bits per heavy atom. The monoisotopic (exact) mass is 170 g/mol. The van der Waals surface area contributed by atoms with Crippen LogP contribution in [0.1, 0.15) is 20.8 Å². The van der Waals surface area contributed by atoms with E-state index in [9.17, 15) is 0 Å². The Bertz CT molecular complexity index is 153. The minimum atomic E-state index is 0.213. The molecule has 0 aliphatic heterocycles. The zero-order valence-corrected chi connectivity index (χ0v) is 8.05. The fourth-order valence-electron chi connectivity index (χ4n) is 0.557. The number of rotatable bonds is 5. The lowest BCUT2D eigenvalue weighted by Gasteiger charge is -2.05. The van der Waals surface area contributed by atoms with Crippen LogP contribution in [-0.4, -0.2) is 19.0 Å². The third-order valence-electron chi connectivity index (χ3n) is 1.13. The third-order valence-corrected chi connectivity index (χ3v) is 1.13. The van der Waals surface area contributed by atoms with Gasteiger partial charge in [-0.1, -0.05) is 13.8 Å². The minimum absolute atomic E-state index is 0.213. The molecule has 0 bridgehead atoms. The standard InChI is InChI=1S/C9H18N2O/c1-4-11-6-5-9(10)12-7-8(2)3/h5-6,8,10-11H,4,7H2,1-3H3/b6-5-,10-9?. The molecule has 0 aliphatic rings. The van der Waals surface area contributed by atoms with Crippen LogP contribution in [0.5, 0.6) is 0 Å². The summed E-state index contributed by atoms with van der Waals surface area (Å²) in [6, 6.07) is 0. The van der Waals surface area contributed by atoms with E-state index in [1.807, 2.05) is 6.92 Å². The van der Waals surface area contributed by atoms with E-state index >= 15 is 0 Å². The summed E-state index contributed by atoms with van der Waals surface area (Å²) in [5.74, 6) is 0.683. The van der Waals surface area contributed by atoms with E-state index < -0.39 is 0 Å². The van der Waals surface area contributed by atoms with Crippen molar-refractivity contribution in [3.63, 3.8) is 0 Å². The van der Waals surface area contributed by atoms with Crippen molar-refractivity contribution in [3.05, 3.63) is 12.3 Å². The fourth-order valence-corrected chi connectivity index (χ4v) is 0.557. The second kappa shape index (κ2) is 6.70. The molecule has 0 atom stereocenters. The summed E-state index contributed by atoms with van der Waals surface area (Å²) in [7, 11) is 0. The molecule has 0 fully saturated rings. The molecule has 0 radical (unpaired) electrons. The Morgan fingerprint density at radius 3 is 2.75 bits per heavy atom. The van der Waals surface area contributed by atoms with Gasteiger partial charge in [-0.3, -0.25) is 5.41 Å². The summed E-state index contributed by atoms with van der Waals surface area (Å²) >= 11 is 0. The number of nitrogens with one attached hydrogen (secondary N) is 2. The van der Waals surface area contributed by atoms with Crippen LogP contribution in [0.25, 0.3) is 0 Å². The average molecular weight is 170 g/mol. The smallest absolute Gasteiger partial charge is 0.207 e. The molecule has 0 amide bonds. The van der Waals surface area contributed by atoms with Crippen LogP contribution in [-0.2, 0) is 4.74 Å². The molecule has 0 heterocycles. The highest BCUT2D eigenvalue weighted by atomic mass is 16.5. The van der Waals surface area contributed by atoms with Crippen molar-refractivity contribution in [1.29, 1.82) is 5.41 Å². The topological polar surface area (TPSA) is 45.1 Å². The van der Waals surface area contributed by atoms with E-state index in [4.69, 9.17) is 10.1 Å². The summed E-state index contributed by atoms with van der Waals surface area (Å²) in [4.78, 5) is 0. The van der Waals surface area contributed by atoms with Crippen LogP contribution in [0, 0.1) is 11.3 Å². The van der Waals surface area contributed by atoms with E-state index in [1.54, 1.807) is 12.3 Å². The second-order valence-electron chi connectivity index (χ2n) is 2.96. The maximum atomic E-state index is 7.31. The summed E-state index contributed by atoms with van der Waals surface area (Å²) in [6.45, 7) is 7.59. The van der Waals surface area contributed by atoms with Gasteiger partial charge in [0.1, 0.15) is 0 Å². The van der Waals surface area contributed by atoms with Gasteiger partial charge in [0.15, 0.2) is 0 Å². The van der Waals surface area contributed by atoms with Crippen molar-refractivity contribution >= 4 is 5.90 Å². The summed E-state index contributed by atoms with van der Waals surface area (Å²) in [5.41, 5.74) is 0. The van der Waals surface area contributed by atoms with Gasteiger partial charge in [-0.15, -0.1) is 0 Å². The van der Waals surface area contributed by atoms with Crippen LogP contribution < -0.4 is 5.32 Å². The lowest BCUT2D eigenvalue weighted by atomic mass is 10.2. The summed E-state index contributed by atoms with van der Waals surface area (Å²) in [5, 5.41) is 10.3. The summed E-state index contributed by atoms with van der Waals surface area (Å²) < 4.78 is 5.11. The van der Waals surface area contributed by atoms with Crippen LogP contribution in [0.4, 0.5) is 0 Å². The molecule has 0 saturated heterocycles. The Labute approximate surface area is 74.3 Å². The van der Waals surface area contributed by atoms with E-state index in [1.165, 1.54) is 0 Å². The molecular weight excluding hydrogens is 152 g/mol. The van der Waals surface area contributed by atoms with Crippen molar-refractivity contribution in [2.24, 2.45) is 5.92 Å². The molecule has 12 heavy (non-hydrogen) atoms. The minimum Gasteiger partial charge on any atom is -0.478 e. The van der Waals surface area contributed by atoms with Gasteiger partial charge in [-0.25, -0.2) is 0 Å². The van der Waals surface area contributed by atoms with Gasteiger partial charge in [0, 0.05) is 18.8 Å². The molecule has 0 unspecified atom stereocenters. The zero-order valence-electron chi connectivity index (χ0n) is 8.05. The normalized spacial score (nSPS) is 10.7. The van der Waals surface area contributed by atoms with Gasteiger partial charge in [-0.05, 0) is 12.8 Å². The van der Waals surface area contributed by atoms with Crippen molar-refractivity contribution in [2.75, 3.05) is 13.2 Å². The zero-order chi connectivity index (χ0) is 9.40. The first-order chi connectivity index (χ1) is 5.66. The number of ether oxygens (including phenoxy) is 1. The molecule has 0 spiro atoms. The van der Waals surface area contributed by atoms with Crippen LogP contribution in [0.15, 0.2) is 12.3 Å². The summed E-state index contributed by atoms with van der Waals surface area (Å²) in [6.07, 6.45) is 3.34. The predicted molar refractivity (Wildman–Crippen MR) is 51.3 cm³/mol. The Balaban J connectivity index is 3.46. The van der Waals surface area contributed by atoms with E-state index in [0.29, 0.717) is 12.5 Å². The maximum absolute atomic E-state index is 7.31. The molecule has 0 aliphatic carbocycles. The molecule has 3 nitrogen and oxygen atoms in total. The largest absolute Gasteiger partial charge is 0.478 e. The fraction of sp³-hybridized carbons (Fsp3) is 0.667. The van der Waals surface area contributed by atoms with Crippen LogP contribution in [0.2, 0.25) is 0 Å². The van der Waals surface area contributed by atoms with Gasteiger partial charge >= 0.3 is 0 Å². The van der Waals surface area contributed by atoms with Gasteiger partial charge in [0.2, 0.25) is 5.90 Å². The first-order valence-corrected chi connectivity index (χ1v) is 4.28. The highest BCUT2D eigenvalue weighted by Gasteiger charge is 1.95. The molecule has 0 aromatic heterocycles. The lowest BCUT2D eigenvalue weighted by Crippen LogP contribution is -2.08. The maximum Gasteiger partial charge on any atom is 0.207 e. The number of hydrogen-bond acceptors (Lipinski definition) is 3.